The van der Waals surface area contributed by atoms with Gasteiger partial charge in [-0.1, -0.05) is 0 Å². The molecule has 1 rings (SSSR count). The number of aromatic nitrogens is 1. The lowest BCUT2D eigenvalue weighted by molar-refractivity contribution is -0.118. The van der Waals surface area contributed by atoms with Gasteiger partial charge in [-0.15, -0.1) is 0 Å². The van der Waals surface area contributed by atoms with E-state index in [-0.39, 0.29) is 5.54 Å². The fourth-order valence-corrected chi connectivity index (χ4v) is 0.981. The van der Waals surface area contributed by atoms with Crippen LogP contribution < -0.4 is 5.32 Å². The van der Waals surface area contributed by atoms with Crippen LogP contribution in [0.5, 0.6) is 0 Å². The van der Waals surface area contributed by atoms with Crippen molar-refractivity contribution >= 4 is 11.8 Å². The highest BCUT2D eigenvalue weighted by Crippen LogP contribution is 1.99. The summed E-state index contributed by atoms with van der Waals surface area (Å²) >= 11 is 0. The average molecular weight is 194 g/mol. The summed E-state index contributed by atoms with van der Waals surface area (Å²) in [4.78, 5) is 22.8. The first-order valence-corrected chi connectivity index (χ1v) is 4.40. The fraction of sp³-hybridized carbons (Fsp3) is 0.400. The summed E-state index contributed by atoms with van der Waals surface area (Å²) in [5, 5.41) is 2.60. The highest BCUT2D eigenvalue weighted by molar-refractivity contribution is 6.36. The SMILES string of the molecule is CC(C)(C)NC(=O)C(=O)n1cccc1. The first-order valence-electron chi connectivity index (χ1n) is 4.40. The Balaban J connectivity index is 2.68. The van der Waals surface area contributed by atoms with Crippen molar-refractivity contribution in [3.63, 3.8) is 0 Å². The van der Waals surface area contributed by atoms with Crippen molar-refractivity contribution in [3.05, 3.63) is 24.5 Å². The Labute approximate surface area is 82.9 Å². The van der Waals surface area contributed by atoms with Crippen LogP contribution in [0.3, 0.4) is 0 Å². The number of carbonyl (C=O) groups is 2. The van der Waals surface area contributed by atoms with Crippen molar-refractivity contribution < 1.29 is 9.59 Å². The van der Waals surface area contributed by atoms with Crippen LogP contribution >= 0.6 is 0 Å². The molecule has 0 bridgehead atoms. The Morgan fingerprint density at radius 3 is 2.07 bits per heavy atom. The molecule has 0 spiro atoms. The van der Waals surface area contributed by atoms with Gasteiger partial charge >= 0.3 is 11.8 Å². The van der Waals surface area contributed by atoms with Crippen molar-refractivity contribution in [1.82, 2.24) is 9.88 Å². The maximum absolute atomic E-state index is 11.4. The van der Waals surface area contributed by atoms with E-state index in [1.54, 1.807) is 24.5 Å². The van der Waals surface area contributed by atoms with Gasteiger partial charge in [-0.25, -0.2) is 0 Å². The molecule has 1 aromatic rings. The summed E-state index contributed by atoms with van der Waals surface area (Å²) in [6, 6.07) is 3.39. The minimum Gasteiger partial charge on any atom is -0.343 e. The molecule has 14 heavy (non-hydrogen) atoms. The van der Waals surface area contributed by atoms with E-state index in [4.69, 9.17) is 0 Å². The van der Waals surface area contributed by atoms with Gasteiger partial charge in [0.15, 0.2) is 0 Å². The first-order chi connectivity index (χ1) is 6.40. The Kier molecular flexibility index (Phi) is 2.74. The monoisotopic (exact) mass is 194 g/mol. The van der Waals surface area contributed by atoms with Gasteiger partial charge in [0.25, 0.3) is 0 Å². The molecule has 1 heterocycles. The van der Waals surface area contributed by atoms with E-state index >= 15 is 0 Å². The predicted molar refractivity (Wildman–Crippen MR) is 53.0 cm³/mol. The topological polar surface area (TPSA) is 51.1 Å². The van der Waals surface area contributed by atoms with Crippen molar-refractivity contribution in [2.45, 2.75) is 26.3 Å². The summed E-state index contributed by atoms with van der Waals surface area (Å²) in [6.07, 6.45) is 3.09. The summed E-state index contributed by atoms with van der Waals surface area (Å²) in [5.74, 6) is -1.15. The van der Waals surface area contributed by atoms with Gasteiger partial charge in [0, 0.05) is 17.9 Å². The van der Waals surface area contributed by atoms with Crippen molar-refractivity contribution in [2.75, 3.05) is 0 Å². The second kappa shape index (κ2) is 3.65. The Bertz CT molecular complexity index is 334. The van der Waals surface area contributed by atoms with Crippen LogP contribution in [-0.4, -0.2) is 21.9 Å². The average Bonchev–Trinajstić information content (AvgIpc) is 2.51. The third-order valence-electron chi connectivity index (χ3n) is 1.52. The quantitative estimate of drug-likeness (QED) is 0.627. The van der Waals surface area contributed by atoms with E-state index in [9.17, 15) is 9.59 Å². The maximum atomic E-state index is 11.4. The van der Waals surface area contributed by atoms with E-state index in [1.165, 1.54) is 4.57 Å². The number of amides is 1. The summed E-state index contributed by atoms with van der Waals surface area (Å²) in [5.41, 5.74) is -0.389. The molecule has 0 unspecified atom stereocenters. The zero-order valence-electron chi connectivity index (χ0n) is 8.57. The molecule has 1 N–H and O–H groups in total. The lowest BCUT2D eigenvalue weighted by Crippen LogP contribution is -2.45. The minimum atomic E-state index is -0.589. The normalized spacial score (nSPS) is 11.1. The van der Waals surface area contributed by atoms with E-state index < -0.39 is 11.8 Å². The number of hydrogen-bond donors (Lipinski definition) is 1. The molecule has 0 radical (unpaired) electrons. The molecule has 1 amide bonds. The maximum Gasteiger partial charge on any atom is 0.319 e. The number of carbonyl (C=O) groups excluding carboxylic acids is 2. The molecule has 0 saturated carbocycles. The largest absolute Gasteiger partial charge is 0.343 e. The third-order valence-corrected chi connectivity index (χ3v) is 1.52. The van der Waals surface area contributed by atoms with Gasteiger partial charge in [-0.3, -0.25) is 14.2 Å². The zero-order valence-corrected chi connectivity index (χ0v) is 8.57. The third kappa shape index (κ3) is 2.73. The van der Waals surface area contributed by atoms with Crippen LogP contribution in [0.15, 0.2) is 24.5 Å². The molecule has 0 fully saturated rings. The molecule has 1 aromatic heterocycles. The lowest BCUT2D eigenvalue weighted by Gasteiger charge is -2.19. The highest BCUT2D eigenvalue weighted by atomic mass is 16.2. The molecule has 0 atom stereocenters. The first kappa shape index (κ1) is 10.5. The summed E-state index contributed by atoms with van der Waals surface area (Å²) < 4.78 is 1.25. The van der Waals surface area contributed by atoms with Crippen LogP contribution in [0.2, 0.25) is 0 Å². The van der Waals surface area contributed by atoms with Crippen LogP contribution in [0.4, 0.5) is 0 Å². The van der Waals surface area contributed by atoms with Crippen molar-refractivity contribution in [3.8, 4) is 0 Å². The van der Waals surface area contributed by atoms with Gasteiger partial charge in [0.2, 0.25) is 0 Å². The Hall–Kier alpha value is -1.58. The summed E-state index contributed by atoms with van der Waals surface area (Å²) in [6.45, 7) is 5.48. The minimum absolute atomic E-state index is 0.389. The smallest absolute Gasteiger partial charge is 0.319 e. The van der Waals surface area contributed by atoms with Gasteiger partial charge in [-0.05, 0) is 32.9 Å². The van der Waals surface area contributed by atoms with Gasteiger partial charge in [-0.2, -0.15) is 0 Å². The van der Waals surface area contributed by atoms with E-state index in [0.29, 0.717) is 0 Å². The molecule has 76 valence electrons. The van der Waals surface area contributed by atoms with Crippen LogP contribution in [-0.2, 0) is 4.79 Å². The fourth-order valence-electron chi connectivity index (χ4n) is 0.981. The van der Waals surface area contributed by atoms with E-state index in [2.05, 4.69) is 5.32 Å². The molecular weight excluding hydrogens is 180 g/mol. The van der Waals surface area contributed by atoms with Crippen LogP contribution in [0.1, 0.15) is 25.6 Å². The standard InChI is InChI=1S/C10H14N2O2/c1-10(2,3)11-8(13)9(14)12-6-4-5-7-12/h4-7H,1-3H3,(H,11,13). The molecule has 0 aliphatic heterocycles. The molecule has 0 aliphatic rings. The van der Waals surface area contributed by atoms with Crippen molar-refractivity contribution in [1.29, 1.82) is 0 Å². The number of nitrogens with zero attached hydrogens (tertiary/aromatic N) is 1. The zero-order chi connectivity index (χ0) is 10.8. The highest BCUT2D eigenvalue weighted by Gasteiger charge is 2.20. The molecule has 4 heteroatoms. The number of rotatable bonds is 0. The Morgan fingerprint density at radius 1 is 1.14 bits per heavy atom. The van der Waals surface area contributed by atoms with Crippen LogP contribution in [0.25, 0.3) is 0 Å². The molecule has 4 nitrogen and oxygen atoms in total. The molecule has 0 aromatic carbocycles. The second-order valence-electron chi connectivity index (χ2n) is 4.10. The van der Waals surface area contributed by atoms with Gasteiger partial charge < -0.3 is 5.32 Å². The lowest BCUT2D eigenvalue weighted by atomic mass is 10.1. The molecule has 0 saturated heterocycles. The molecule has 0 aliphatic carbocycles. The predicted octanol–water partition coefficient (Wildman–Crippen LogP) is 1.04. The molecular formula is C10H14N2O2. The van der Waals surface area contributed by atoms with Gasteiger partial charge in [0.05, 0.1) is 0 Å². The van der Waals surface area contributed by atoms with Crippen LogP contribution in [0, 0.1) is 0 Å². The Morgan fingerprint density at radius 2 is 1.64 bits per heavy atom. The van der Waals surface area contributed by atoms with Gasteiger partial charge in [0.1, 0.15) is 0 Å². The summed E-state index contributed by atoms with van der Waals surface area (Å²) in [7, 11) is 0. The second-order valence-corrected chi connectivity index (χ2v) is 4.10. The van der Waals surface area contributed by atoms with Crippen molar-refractivity contribution in [2.24, 2.45) is 0 Å². The van der Waals surface area contributed by atoms with E-state index in [0.717, 1.165) is 0 Å². The van der Waals surface area contributed by atoms with E-state index in [1.807, 2.05) is 20.8 Å². The number of hydrogen-bond acceptors (Lipinski definition) is 2. The number of nitrogens with one attached hydrogen (secondary N) is 1.